The Hall–Kier alpha value is -6.21. The van der Waals surface area contributed by atoms with Gasteiger partial charge in [0, 0.05) is 12.4 Å². The van der Waals surface area contributed by atoms with Crippen LogP contribution in [-0.2, 0) is 15.4 Å². The van der Waals surface area contributed by atoms with Crippen molar-refractivity contribution in [2.24, 2.45) is 0 Å². The lowest BCUT2D eigenvalue weighted by Crippen LogP contribution is -2.17. The second-order valence-electron chi connectivity index (χ2n) is 11.4. The lowest BCUT2D eigenvalue weighted by Gasteiger charge is -2.20. The third-order valence-corrected chi connectivity index (χ3v) is 8.25. The number of hydrogen-bond donors (Lipinski definition) is 1. The van der Waals surface area contributed by atoms with Crippen LogP contribution in [0.4, 0.5) is 5.82 Å². The molecule has 51 heavy (non-hydrogen) atoms. The number of nitrogens with one attached hydrogen (secondary N) is 1. The number of nitrogens with zero attached hydrogens (tertiary/aromatic N) is 6. The molecule has 3 aromatic heterocycles. The van der Waals surface area contributed by atoms with Crippen LogP contribution in [-0.4, -0.2) is 72.9 Å². The maximum absolute atomic E-state index is 13.8. The molecule has 0 fully saturated rings. The normalized spacial score (nSPS) is 11.1. The van der Waals surface area contributed by atoms with Crippen molar-refractivity contribution in [1.82, 2.24) is 29.9 Å². The summed E-state index contributed by atoms with van der Waals surface area (Å²) in [6, 6.07) is 16.5. The molecular formula is C35H35N7O8S. The third-order valence-electron chi connectivity index (χ3n) is 6.90. The van der Waals surface area contributed by atoms with E-state index in [4.69, 9.17) is 28.4 Å². The molecule has 0 amide bonds. The van der Waals surface area contributed by atoms with Crippen molar-refractivity contribution >= 4 is 15.8 Å². The van der Waals surface area contributed by atoms with E-state index < -0.39 is 10.0 Å². The summed E-state index contributed by atoms with van der Waals surface area (Å²) in [4.78, 5) is 25.6. The topological polar surface area (TPSA) is 179 Å². The Morgan fingerprint density at radius 2 is 1.35 bits per heavy atom. The van der Waals surface area contributed by atoms with E-state index in [-0.39, 0.29) is 76.1 Å². The Kier molecular flexibility index (Phi) is 11.3. The maximum Gasteiger partial charge on any atom is 0.324 e. The average molecular weight is 714 g/mol. The Labute approximate surface area is 295 Å². The summed E-state index contributed by atoms with van der Waals surface area (Å²) >= 11 is 0. The number of ether oxygens (including phenoxy) is 6. The van der Waals surface area contributed by atoms with Gasteiger partial charge >= 0.3 is 6.01 Å². The number of rotatable bonds is 13. The van der Waals surface area contributed by atoms with Crippen LogP contribution in [0, 0.1) is 11.8 Å². The van der Waals surface area contributed by atoms with E-state index in [1.165, 1.54) is 51.9 Å². The van der Waals surface area contributed by atoms with Gasteiger partial charge in [-0.1, -0.05) is 56.9 Å². The van der Waals surface area contributed by atoms with Crippen LogP contribution in [0.1, 0.15) is 26.3 Å². The number of benzene rings is 2. The fourth-order valence-electron chi connectivity index (χ4n) is 4.30. The summed E-state index contributed by atoms with van der Waals surface area (Å²) in [6.07, 6.45) is 3.00. The number of sulfonamides is 1. The fourth-order valence-corrected chi connectivity index (χ4v) is 5.31. The summed E-state index contributed by atoms with van der Waals surface area (Å²) in [7, 11) is 0.172. The first-order valence-corrected chi connectivity index (χ1v) is 16.8. The Bertz CT molecular complexity index is 2110. The molecule has 264 valence electrons. The molecule has 0 aliphatic carbocycles. The van der Waals surface area contributed by atoms with E-state index in [0.29, 0.717) is 5.75 Å². The van der Waals surface area contributed by atoms with Gasteiger partial charge in [0.1, 0.15) is 0 Å². The molecule has 1 N–H and O–H groups in total. The molecule has 5 rings (SSSR count). The number of aromatic nitrogens is 6. The first kappa shape index (κ1) is 36.1. The lowest BCUT2D eigenvalue weighted by atomic mass is 9.87. The molecule has 0 bridgehead atoms. The summed E-state index contributed by atoms with van der Waals surface area (Å²) in [5.41, 5.74) is 0.783. The molecule has 0 aliphatic heterocycles. The molecular weight excluding hydrogens is 678 g/mol. The van der Waals surface area contributed by atoms with Crippen molar-refractivity contribution < 1.29 is 36.8 Å². The summed E-state index contributed by atoms with van der Waals surface area (Å²) in [5, 5.41) is 0. The minimum absolute atomic E-state index is 0.000774. The molecule has 3 heterocycles. The molecule has 0 spiro atoms. The second-order valence-corrected chi connectivity index (χ2v) is 13.1. The van der Waals surface area contributed by atoms with Gasteiger partial charge in [-0.2, -0.15) is 15.0 Å². The van der Waals surface area contributed by atoms with Gasteiger partial charge in [-0.15, -0.1) is 0 Å². The van der Waals surface area contributed by atoms with Crippen LogP contribution in [0.25, 0.3) is 11.6 Å². The van der Waals surface area contributed by atoms with Gasteiger partial charge < -0.3 is 28.4 Å². The molecule has 5 aromatic rings. The molecule has 0 radical (unpaired) electrons. The molecule has 0 aliphatic rings. The zero-order valence-corrected chi connectivity index (χ0v) is 29.5. The highest BCUT2D eigenvalue weighted by atomic mass is 32.2. The number of anilines is 1. The molecule has 0 saturated heterocycles. The van der Waals surface area contributed by atoms with E-state index in [1.54, 1.807) is 42.5 Å². The Morgan fingerprint density at radius 1 is 0.725 bits per heavy atom. The molecule has 16 heteroatoms. The summed E-state index contributed by atoms with van der Waals surface area (Å²) in [6.45, 7) is 5.79. The monoisotopic (exact) mass is 713 g/mol. The van der Waals surface area contributed by atoms with Gasteiger partial charge in [-0.05, 0) is 41.3 Å². The second kappa shape index (κ2) is 16.0. The summed E-state index contributed by atoms with van der Waals surface area (Å²) < 4.78 is 63.6. The molecule has 0 saturated carbocycles. The van der Waals surface area contributed by atoms with Crippen molar-refractivity contribution in [3.63, 3.8) is 0 Å². The number of methoxy groups -OCH3 is 3. The van der Waals surface area contributed by atoms with Crippen LogP contribution in [0.3, 0.4) is 0 Å². The first-order valence-electron chi connectivity index (χ1n) is 15.3. The van der Waals surface area contributed by atoms with Crippen molar-refractivity contribution in [1.29, 1.82) is 0 Å². The highest BCUT2D eigenvalue weighted by Gasteiger charge is 2.26. The van der Waals surface area contributed by atoms with Crippen molar-refractivity contribution in [2.75, 3.05) is 39.3 Å². The summed E-state index contributed by atoms with van der Waals surface area (Å²) in [5.74, 6) is 6.23. The van der Waals surface area contributed by atoms with Crippen molar-refractivity contribution in [3.05, 3.63) is 78.6 Å². The fraction of sp³-hybridized carbons (Fsp3) is 0.257. The predicted octanol–water partition coefficient (Wildman–Crippen LogP) is 5.10. The number of para-hydroxylation sites is 2. The SMILES string of the molecule is COc1cc(OC)nc(OCC#CCOc2nc(-c3ncccn3)nc(NS(=O)(=O)c3ccc(C(C)(C)C)cc3)c2Oc2ccccc2OC)n1. The van der Waals surface area contributed by atoms with E-state index in [9.17, 15) is 8.42 Å². The standard InChI is InChI=1S/C35H35N7O8S/c1-35(2,3)23-14-16-24(17-15-23)51(43,44)42-30-29(50-26-13-8-7-12-25(26)45-4)33(41-32(40-30)31-36-18-11-19-37-31)48-20-9-10-21-49-34-38-27(46-5)22-28(39-34)47-6/h7-8,11-19,22H,20-21H2,1-6H3,(H,40,41,42). The van der Waals surface area contributed by atoms with Gasteiger partial charge in [0.15, 0.2) is 36.4 Å². The van der Waals surface area contributed by atoms with E-state index in [0.717, 1.165) is 5.56 Å². The minimum atomic E-state index is -4.21. The minimum Gasteiger partial charge on any atom is -0.493 e. The number of hydrogen-bond acceptors (Lipinski definition) is 14. The van der Waals surface area contributed by atoms with Crippen molar-refractivity contribution in [2.45, 2.75) is 31.1 Å². The van der Waals surface area contributed by atoms with E-state index in [2.05, 4.69) is 46.5 Å². The molecule has 0 unspecified atom stereocenters. The quantitative estimate of drug-likeness (QED) is 0.159. The zero-order chi connectivity index (χ0) is 36.4. The van der Waals surface area contributed by atoms with Crippen LogP contribution in [0.2, 0.25) is 0 Å². The Morgan fingerprint density at radius 3 is 1.96 bits per heavy atom. The zero-order valence-electron chi connectivity index (χ0n) is 28.7. The smallest absolute Gasteiger partial charge is 0.324 e. The van der Waals surface area contributed by atoms with Gasteiger partial charge in [0.25, 0.3) is 15.9 Å². The van der Waals surface area contributed by atoms with Crippen LogP contribution < -0.4 is 33.1 Å². The van der Waals surface area contributed by atoms with Crippen LogP contribution in [0.5, 0.6) is 40.9 Å². The Balaban J connectivity index is 1.50. The van der Waals surface area contributed by atoms with E-state index >= 15 is 0 Å². The van der Waals surface area contributed by atoms with Crippen LogP contribution in [0.15, 0.2) is 78.0 Å². The third kappa shape index (κ3) is 9.28. The van der Waals surface area contributed by atoms with Gasteiger partial charge in [0.2, 0.25) is 23.3 Å². The highest BCUT2D eigenvalue weighted by molar-refractivity contribution is 7.92. The maximum atomic E-state index is 13.8. The van der Waals surface area contributed by atoms with Crippen LogP contribution >= 0.6 is 0 Å². The van der Waals surface area contributed by atoms with Crippen molar-refractivity contribution in [3.8, 4) is 64.4 Å². The van der Waals surface area contributed by atoms with Gasteiger partial charge in [-0.3, -0.25) is 4.72 Å². The van der Waals surface area contributed by atoms with E-state index in [1.807, 2.05) is 20.8 Å². The average Bonchev–Trinajstić information content (AvgIpc) is 3.13. The molecule has 15 nitrogen and oxygen atoms in total. The van der Waals surface area contributed by atoms with Gasteiger partial charge in [-0.25, -0.2) is 23.4 Å². The molecule has 0 atom stereocenters. The predicted molar refractivity (Wildman–Crippen MR) is 186 cm³/mol. The largest absolute Gasteiger partial charge is 0.493 e. The first-order chi connectivity index (χ1) is 24.5. The molecule has 2 aromatic carbocycles. The lowest BCUT2D eigenvalue weighted by molar-refractivity contribution is 0.307. The highest BCUT2D eigenvalue weighted by Crippen LogP contribution is 2.41. The van der Waals surface area contributed by atoms with Gasteiger partial charge in [0.05, 0.1) is 32.3 Å².